The van der Waals surface area contributed by atoms with Crippen molar-refractivity contribution in [1.82, 2.24) is 9.88 Å². The highest BCUT2D eigenvalue weighted by Gasteiger charge is 2.15. The molecule has 0 N–H and O–H groups in total. The third kappa shape index (κ3) is 4.88. The summed E-state index contributed by atoms with van der Waals surface area (Å²) < 4.78 is 0. The third-order valence-corrected chi connectivity index (χ3v) is 6.00. The second-order valence-electron chi connectivity index (χ2n) is 7.81. The van der Waals surface area contributed by atoms with Gasteiger partial charge in [0.2, 0.25) is 0 Å². The van der Waals surface area contributed by atoms with Gasteiger partial charge in [0.1, 0.15) is 0 Å². The van der Waals surface area contributed by atoms with Gasteiger partial charge in [-0.1, -0.05) is 61.8 Å². The molecular formula is C26H31ClN2. The second kappa shape index (κ2) is 9.56. The molecular weight excluding hydrogens is 376 g/mol. The number of halogens is 1. The number of nitrogens with zero attached hydrogens (tertiary/aromatic N) is 2. The molecule has 2 nitrogen and oxygen atoms in total. The van der Waals surface area contributed by atoms with Crippen molar-refractivity contribution in [2.24, 2.45) is 0 Å². The zero-order valence-electron chi connectivity index (χ0n) is 18.2. The molecule has 2 aromatic carbocycles. The summed E-state index contributed by atoms with van der Waals surface area (Å²) in [5, 5.41) is 0.824. The van der Waals surface area contributed by atoms with Gasteiger partial charge in [0.15, 0.2) is 0 Å². The van der Waals surface area contributed by atoms with E-state index in [1.54, 1.807) is 0 Å². The summed E-state index contributed by atoms with van der Waals surface area (Å²) in [7, 11) is 2.14. The van der Waals surface area contributed by atoms with Crippen molar-refractivity contribution in [2.75, 3.05) is 7.05 Å². The molecule has 3 aromatic rings. The summed E-state index contributed by atoms with van der Waals surface area (Å²) in [5.74, 6) is 0. The smallest absolute Gasteiger partial charge is 0.0713 e. The molecule has 0 aliphatic rings. The molecule has 1 aromatic heterocycles. The standard InChI is InChI=1S/C26H31ClN2/c1-6-20-12-10-13-21(7-2)26(20)25-15-18(3)23(19(4)28-25)17-29(5)16-22-11-8-9-14-24(22)27/h8-15H,6-7,16-17H2,1-5H3. The summed E-state index contributed by atoms with van der Waals surface area (Å²) in [6.07, 6.45) is 2.04. The maximum Gasteiger partial charge on any atom is 0.0713 e. The number of pyridine rings is 1. The summed E-state index contributed by atoms with van der Waals surface area (Å²) in [6, 6.07) is 16.9. The van der Waals surface area contributed by atoms with Crippen LogP contribution in [0.3, 0.4) is 0 Å². The summed E-state index contributed by atoms with van der Waals surface area (Å²) in [5.41, 5.74) is 10.0. The highest BCUT2D eigenvalue weighted by atomic mass is 35.5. The zero-order valence-corrected chi connectivity index (χ0v) is 19.0. The Bertz CT molecular complexity index is 948. The van der Waals surface area contributed by atoms with Gasteiger partial charge < -0.3 is 0 Å². The molecule has 3 heteroatoms. The first-order chi connectivity index (χ1) is 13.9. The molecule has 0 unspecified atom stereocenters. The number of hydrogen-bond donors (Lipinski definition) is 0. The van der Waals surface area contributed by atoms with E-state index in [0.717, 1.165) is 47.9 Å². The Hall–Kier alpha value is -2.16. The highest BCUT2D eigenvalue weighted by Crippen LogP contribution is 2.30. The van der Waals surface area contributed by atoms with Gasteiger partial charge in [0, 0.05) is 29.4 Å². The van der Waals surface area contributed by atoms with Crippen LogP contribution in [0.15, 0.2) is 48.5 Å². The fourth-order valence-electron chi connectivity index (χ4n) is 4.04. The van der Waals surface area contributed by atoms with Gasteiger partial charge >= 0.3 is 0 Å². The Labute approximate surface area is 180 Å². The van der Waals surface area contributed by atoms with E-state index in [4.69, 9.17) is 16.6 Å². The molecule has 152 valence electrons. The Morgan fingerprint density at radius 3 is 2.07 bits per heavy atom. The van der Waals surface area contributed by atoms with E-state index in [2.05, 4.69) is 70.0 Å². The maximum atomic E-state index is 6.34. The fraction of sp³-hybridized carbons (Fsp3) is 0.346. The van der Waals surface area contributed by atoms with Crippen LogP contribution in [0.5, 0.6) is 0 Å². The molecule has 29 heavy (non-hydrogen) atoms. The van der Waals surface area contributed by atoms with Crippen LogP contribution in [0, 0.1) is 13.8 Å². The number of benzene rings is 2. The lowest BCUT2D eigenvalue weighted by molar-refractivity contribution is 0.317. The van der Waals surface area contributed by atoms with Gasteiger partial charge in [0.25, 0.3) is 0 Å². The first-order valence-electron chi connectivity index (χ1n) is 10.4. The normalized spacial score (nSPS) is 11.3. The Kier molecular flexibility index (Phi) is 7.10. The molecule has 0 saturated carbocycles. The van der Waals surface area contributed by atoms with Gasteiger partial charge in [-0.05, 0) is 73.7 Å². The van der Waals surface area contributed by atoms with Crippen LogP contribution in [0.4, 0.5) is 0 Å². The van der Waals surface area contributed by atoms with Gasteiger partial charge in [0.05, 0.1) is 5.69 Å². The molecule has 0 fully saturated rings. The van der Waals surface area contributed by atoms with Crippen LogP contribution >= 0.6 is 11.6 Å². The van der Waals surface area contributed by atoms with Gasteiger partial charge in [-0.3, -0.25) is 9.88 Å². The minimum Gasteiger partial charge on any atom is -0.298 e. The zero-order chi connectivity index (χ0) is 21.0. The van der Waals surface area contributed by atoms with Crippen LogP contribution in [0.1, 0.15) is 47.4 Å². The molecule has 3 rings (SSSR count). The Morgan fingerprint density at radius 2 is 1.48 bits per heavy atom. The van der Waals surface area contributed by atoms with Crippen molar-refractivity contribution in [1.29, 1.82) is 0 Å². The van der Waals surface area contributed by atoms with Crippen LogP contribution < -0.4 is 0 Å². The third-order valence-electron chi connectivity index (χ3n) is 5.64. The largest absolute Gasteiger partial charge is 0.298 e. The molecule has 0 aliphatic carbocycles. The number of hydrogen-bond acceptors (Lipinski definition) is 2. The van der Waals surface area contributed by atoms with Crippen molar-refractivity contribution in [2.45, 2.75) is 53.6 Å². The van der Waals surface area contributed by atoms with E-state index < -0.39 is 0 Å². The molecule has 0 amide bonds. The molecule has 0 saturated heterocycles. The maximum absolute atomic E-state index is 6.34. The van der Waals surface area contributed by atoms with Gasteiger partial charge in [-0.2, -0.15) is 0 Å². The SMILES string of the molecule is CCc1cccc(CC)c1-c1cc(C)c(CN(C)Cc2ccccc2Cl)c(C)n1. The first kappa shape index (κ1) is 21.5. The fourth-order valence-corrected chi connectivity index (χ4v) is 4.24. The average Bonchev–Trinajstić information content (AvgIpc) is 2.71. The van der Waals surface area contributed by atoms with E-state index in [1.807, 2.05) is 18.2 Å². The van der Waals surface area contributed by atoms with Crippen molar-refractivity contribution < 1.29 is 0 Å². The van der Waals surface area contributed by atoms with E-state index in [1.165, 1.54) is 27.8 Å². The van der Waals surface area contributed by atoms with E-state index in [9.17, 15) is 0 Å². The minimum atomic E-state index is 0.818. The molecule has 0 atom stereocenters. The number of aryl methyl sites for hydroxylation is 4. The predicted octanol–water partition coefficient (Wildman–Crippen LogP) is 6.78. The number of rotatable bonds is 7. The van der Waals surface area contributed by atoms with Gasteiger partial charge in [-0.15, -0.1) is 0 Å². The first-order valence-corrected chi connectivity index (χ1v) is 10.8. The monoisotopic (exact) mass is 406 g/mol. The summed E-state index contributed by atoms with van der Waals surface area (Å²) in [4.78, 5) is 7.35. The van der Waals surface area contributed by atoms with Gasteiger partial charge in [-0.25, -0.2) is 0 Å². The lowest BCUT2D eigenvalue weighted by Gasteiger charge is -2.21. The quantitative estimate of drug-likeness (QED) is 0.430. The molecule has 0 aliphatic heterocycles. The number of aromatic nitrogens is 1. The van der Waals surface area contributed by atoms with Crippen LogP contribution in [0.2, 0.25) is 5.02 Å². The van der Waals surface area contributed by atoms with Crippen molar-refractivity contribution in [3.05, 3.63) is 87.1 Å². The van der Waals surface area contributed by atoms with Crippen LogP contribution in [0.25, 0.3) is 11.3 Å². The van der Waals surface area contributed by atoms with E-state index in [0.29, 0.717) is 0 Å². The molecule has 0 bridgehead atoms. The minimum absolute atomic E-state index is 0.818. The average molecular weight is 407 g/mol. The summed E-state index contributed by atoms with van der Waals surface area (Å²) in [6.45, 7) is 10.4. The van der Waals surface area contributed by atoms with Crippen LogP contribution in [-0.4, -0.2) is 16.9 Å². The van der Waals surface area contributed by atoms with Crippen LogP contribution in [-0.2, 0) is 25.9 Å². The second-order valence-corrected chi connectivity index (χ2v) is 8.22. The highest BCUT2D eigenvalue weighted by molar-refractivity contribution is 6.31. The van der Waals surface area contributed by atoms with Crippen molar-refractivity contribution >= 4 is 11.6 Å². The Balaban J connectivity index is 1.90. The Morgan fingerprint density at radius 1 is 0.862 bits per heavy atom. The summed E-state index contributed by atoms with van der Waals surface area (Å²) >= 11 is 6.34. The topological polar surface area (TPSA) is 16.1 Å². The predicted molar refractivity (Wildman–Crippen MR) is 125 cm³/mol. The molecule has 0 spiro atoms. The van der Waals surface area contributed by atoms with E-state index >= 15 is 0 Å². The molecule has 1 heterocycles. The van der Waals surface area contributed by atoms with Crippen molar-refractivity contribution in [3.63, 3.8) is 0 Å². The van der Waals surface area contributed by atoms with E-state index in [-0.39, 0.29) is 0 Å². The van der Waals surface area contributed by atoms with Crippen molar-refractivity contribution in [3.8, 4) is 11.3 Å². The lowest BCUT2D eigenvalue weighted by Crippen LogP contribution is -2.19. The lowest BCUT2D eigenvalue weighted by atomic mass is 9.93. The molecule has 0 radical (unpaired) electrons.